The number of amides is 1. The van der Waals surface area contributed by atoms with Gasteiger partial charge < -0.3 is 19.5 Å². The Balaban J connectivity index is 1.53. The number of hydrogen-bond donors (Lipinski definition) is 1. The summed E-state index contributed by atoms with van der Waals surface area (Å²) in [4.78, 5) is 12.8. The number of ether oxygens (including phenoxy) is 3. The van der Waals surface area contributed by atoms with Crippen LogP contribution < -0.4 is 19.5 Å². The molecule has 3 aromatic carbocycles. The van der Waals surface area contributed by atoms with E-state index in [2.05, 4.69) is 5.32 Å². The first-order valence-corrected chi connectivity index (χ1v) is 11.3. The molecular formula is C25H19NO4S2. The van der Waals surface area contributed by atoms with Crippen molar-refractivity contribution in [1.82, 2.24) is 5.32 Å². The summed E-state index contributed by atoms with van der Waals surface area (Å²) >= 11 is 6.39. The van der Waals surface area contributed by atoms with Crippen LogP contribution in [0, 0.1) is 0 Å². The van der Waals surface area contributed by atoms with Crippen LogP contribution in [-0.4, -0.2) is 17.0 Å². The SMILES string of the molecule is CC(Oc1ccc(-c2ccc3c(c2)OCO3)cc1C=C1SC(=S)NC1=O)c1ccccc1. The predicted molar refractivity (Wildman–Crippen MR) is 130 cm³/mol. The Morgan fingerprint density at radius 3 is 2.56 bits per heavy atom. The Morgan fingerprint density at radius 1 is 1.03 bits per heavy atom. The van der Waals surface area contributed by atoms with Crippen molar-refractivity contribution in [3.8, 4) is 28.4 Å². The van der Waals surface area contributed by atoms with E-state index in [1.54, 1.807) is 0 Å². The van der Waals surface area contributed by atoms with Crippen molar-refractivity contribution < 1.29 is 19.0 Å². The highest BCUT2D eigenvalue weighted by molar-refractivity contribution is 8.26. The van der Waals surface area contributed by atoms with Gasteiger partial charge in [-0.2, -0.15) is 0 Å². The minimum absolute atomic E-state index is 0.157. The largest absolute Gasteiger partial charge is 0.485 e. The zero-order chi connectivity index (χ0) is 22.1. The molecule has 2 aliphatic heterocycles. The second kappa shape index (κ2) is 8.68. The Morgan fingerprint density at radius 2 is 1.78 bits per heavy atom. The third kappa shape index (κ3) is 4.22. The summed E-state index contributed by atoms with van der Waals surface area (Å²) in [5, 5.41) is 2.66. The molecule has 160 valence electrons. The zero-order valence-electron chi connectivity index (χ0n) is 17.2. The number of benzene rings is 3. The Kier molecular flexibility index (Phi) is 5.59. The molecule has 0 spiro atoms. The van der Waals surface area contributed by atoms with Gasteiger partial charge in [0.15, 0.2) is 11.5 Å². The Hall–Kier alpha value is -3.29. The molecule has 0 bridgehead atoms. The second-order valence-electron chi connectivity index (χ2n) is 7.34. The number of nitrogens with one attached hydrogen (secondary N) is 1. The highest BCUT2D eigenvalue weighted by Gasteiger charge is 2.23. The normalized spacial score (nSPS) is 16.8. The van der Waals surface area contributed by atoms with Gasteiger partial charge in [-0.3, -0.25) is 4.79 Å². The van der Waals surface area contributed by atoms with E-state index in [4.69, 9.17) is 26.4 Å². The molecule has 2 aliphatic rings. The first-order chi connectivity index (χ1) is 15.6. The molecule has 1 fully saturated rings. The van der Waals surface area contributed by atoms with Crippen molar-refractivity contribution in [2.45, 2.75) is 13.0 Å². The lowest BCUT2D eigenvalue weighted by Gasteiger charge is -2.18. The van der Waals surface area contributed by atoms with Gasteiger partial charge in [-0.1, -0.05) is 66.4 Å². The van der Waals surface area contributed by atoms with E-state index in [1.165, 1.54) is 11.8 Å². The fourth-order valence-electron chi connectivity index (χ4n) is 3.57. The van der Waals surface area contributed by atoms with E-state index < -0.39 is 0 Å². The zero-order valence-corrected chi connectivity index (χ0v) is 18.8. The van der Waals surface area contributed by atoms with E-state index in [0.29, 0.717) is 15.0 Å². The third-order valence-corrected chi connectivity index (χ3v) is 6.38. The number of thioether (sulfide) groups is 1. The molecule has 0 saturated carbocycles. The van der Waals surface area contributed by atoms with Crippen LogP contribution in [0.3, 0.4) is 0 Å². The fraction of sp³-hybridized carbons (Fsp3) is 0.120. The fourth-order valence-corrected chi connectivity index (χ4v) is 4.60. The molecule has 1 amide bonds. The molecule has 0 aliphatic carbocycles. The summed E-state index contributed by atoms with van der Waals surface area (Å²) in [5.74, 6) is 1.94. The van der Waals surface area contributed by atoms with Gasteiger partial charge in [-0.05, 0) is 54.0 Å². The number of rotatable bonds is 5. The van der Waals surface area contributed by atoms with E-state index >= 15 is 0 Å². The van der Waals surface area contributed by atoms with Crippen molar-refractivity contribution in [3.63, 3.8) is 0 Å². The van der Waals surface area contributed by atoms with Crippen LogP contribution in [0.4, 0.5) is 0 Å². The number of hydrogen-bond acceptors (Lipinski definition) is 6. The third-order valence-electron chi connectivity index (χ3n) is 5.22. The van der Waals surface area contributed by atoms with Gasteiger partial charge in [0.25, 0.3) is 5.91 Å². The maximum absolute atomic E-state index is 12.3. The number of carbonyl (C=O) groups excluding carboxylic acids is 1. The molecule has 32 heavy (non-hydrogen) atoms. The van der Waals surface area contributed by atoms with Crippen LogP contribution in [0.2, 0.25) is 0 Å². The van der Waals surface area contributed by atoms with Crippen molar-refractivity contribution in [2.24, 2.45) is 0 Å². The van der Waals surface area contributed by atoms with Crippen molar-refractivity contribution >= 4 is 40.3 Å². The Labute approximate surface area is 195 Å². The molecule has 5 rings (SSSR count). The Bertz CT molecular complexity index is 1240. The molecule has 1 N–H and O–H groups in total. The van der Waals surface area contributed by atoms with Crippen LogP contribution in [-0.2, 0) is 4.79 Å². The average Bonchev–Trinajstić information content (AvgIpc) is 3.40. The summed E-state index contributed by atoms with van der Waals surface area (Å²) in [7, 11) is 0. The number of thiocarbonyl (C=S) groups is 1. The smallest absolute Gasteiger partial charge is 0.263 e. The van der Waals surface area contributed by atoms with E-state index in [0.717, 1.165) is 33.8 Å². The lowest BCUT2D eigenvalue weighted by molar-refractivity contribution is -0.115. The molecule has 1 saturated heterocycles. The summed E-state index contributed by atoms with van der Waals surface area (Å²) in [6.07, 6.45) is 1.67. The van der Waals surface area contributed by atoms with Crippen LogP contribution in [0.25, 0.3) is 17.2 Å². The second-order valence-corrected chi connectivity index (χ2v) is 9.06. The summed E-state index contributed by atoms with van der Waals surface area (Å²) < 4.78 is 17.7. The number of carbonyl (C=O) groups is 1. The van der Waals surface area contributed by atoms with E-state index in [1.807, 2.05) is 79.7 Å². The lowest BCUT2D eigenvalue weighted by Crippen LogP contribution is -2.17. The van der Waals surface area contributed by atoms with Gasteiger partial charge in [-0.25, -0.2) is 0 Å². The molecule has 1 atom stereocenters. The standard InChI is InChI=1S/C25H19NO4S2/c1-15(16-5-3-2-4-6-16)30-20-9-7-17(18-8-10-21-22(12-18)29-14-28-21)11-19(20)13-23-24(27)26-25(31)32-23/h2-13,15H,14H2,1H3,(H,26,27,31). The first-order valence-electron chi connectivity index (χ1n) is 10.1. The molecule has 2 heterocycles. The van der Waals surface area contributed by atoms with Gasteiger partial charge in [0.05, 0.1) is 4.91 Å². The summed E-state index contributed by atoms with van der Waals surface area (Å²) in [6, 6.07) is 21.8. The van der Waals surface area contributed by atoms with E-state index in [9.17, 15) is 4.79 Å². The molecule has 3 aromatic rings. The van der Waals surface area contributed by atoms with Gasteiger partial charge in [0.2, 0.25) is 6.79 Å². The van der Waals surface area contributed by atoms with Crippen LogP contribution in [0.5, 0.6) is 17.2 Å². The van der Waals surface area contributed by atoms with Gasteiger partial charge in [0.1, 0.15) is 16.2 Å². The van der Waals surface area contributed by atoms with Crippen molar-refractivity contribution in [3.05, 3.63) is 82.8 Å². The molecular weight excluding hydrogens is 442 g/mol. The minimum Gasteiger partial charge on any atom is -0.485 e. The number of fused-ring (bicyclic) bond motifs is 1. The molecule has 1 unspecified atom stereocenters. The molecule has 5 nitrogen and oxygen atoms in total. The predicted octanol–water partition coefficient (Wildman–Crippen LogP) is 5.71. The summed E-state index contributed by atoms with van der Waals surface area (Å²) in [5.41, 5.74) is 3.82. The summed E-state index contributed by atoms with van der Waals surface area (Å²) in [6.45, 7) is 2.23. The van der Waals surface area contributed by atoms with Crippen molar-refractivity contribution in [1.29, 1.82) is 0 Å². The topological polar surface area (TPSA) is 56.8 Å². The maximum Gasteiger partial charge on any atom is 0.263 e. The lowest BCUT2D eigenvalue weighted by atomic mass is 10.0. The average molecular weight is 462 g/mol. The maximum atomic E-state index is 12.3. The van der Waals surface area contributed by atoms with Crippen LogP contribution in [0.15, 0.2) is 71.6 Å². The van der Waals surface area contributed by atoms with Crippen molar-refractivity contribution in [2.75, 3.05) is 6.79 Å². The van der Waals surface area contributed by atoms with Crippen LogP contribution >= 0.6 is 24.0 Å². The van der Waals surface area contributed by atoms with E-state index in [-0.39, 0.29) is 18.8 Å². The highest BCUT2D eigenvalue weighted by atomic mass is 32.2. The monoisotopic (exact) mass is 461 g/mol. The van der Waals surface area contributed by atoms with Gasteiger partial charge >= 0.3 is 0 Å². The highest BCUT2D eigenvalue weighted by Crippen LogP contribution is 2.38. The first kappa shape index (κ1) is 20.6. The molecule has 0 aromatic heterocycles. The van der Waals surface area contributed by atoms with Crippen LogP contribution in [0.1, 0.15) is 24.2 Å². The van der Waals surface area contributed by atoms with Gasteiger partial charge in [0, 0.05) is 5.56 Å². The van der Waals surface area contributed by atoms with Gasteiger partial charge in [-0.15, -0.1) is 0 Å². The molecule has 7 heteroatoms. The molecule has 0 radical (unpaired) electrons. The quantitative estimate of drug-likeness (QED) is 0.388. The minimum atomic E-state index is -0.199.